The highest BCUT2D eigenvalue weighted by molar-refractivity contribution is 7.86. The van der Waals surface area contributed by atoms with E-state index in [0.717, 1.165) is 5.56 Å². The van der Waals surface area contributed by atoms with E-state index in [9.17, 15) is 31.5 Å². The average molecular weight is 803 g/mol. The lowest BCUT2D eigenvalue weighted by Gasteiger charge is -2.32. The summed E-state index contributed by atoms with van der Waals surface area (Å²) >= 11 is 0. The average Bonchev–Trinajstić information content (AvgIpc) is 3.55. The van der Waals surface area contributed by atoms with Gasteiger partial charge in [-0.2, -0.15) is 34.8 Å². The van der Waals surface area contributed by atoms with Gasteiger partial charge in [-0.1, -0.05) is 60.9 Å². The number of benzene rings is 2. The van der Waals surface area contributed by atoms with Gasteiger partial charge in [-0.05, 0) is 77.6 Å². The molecule has 55 heavy (non-hydrogen) atoms. The number of pyridine rings is 1. The largest absolute Gasteiger partial charge is 0.493 e. The van der Waals surface area contributed by atoms with Crippen molar-refractivity contribution in [1.29, 1.82) is 0 Å². The number of ether oxygens (including phenoxy) is 2. The minimum atomic E-state index is -5.21. The molecule has 12 nitrogen and oxygen atoms in total. The quantitative estimate of drug-likeness (QED) is 0.0669. The number of aromatic hydroxyl groups is 1. The van der Waals surface area contributed by atoms with E-state index in [1.165, 1.54) is 52.0 Å². The number of carbonyl (C=O) groups is 1. The molecule has 4 rings (SSSR count). The Labute approximate surface area is 313 Å². The molecule has 2 atom stereocenters. The zero-order valence-corrected chi connectivity index (χ0v) is 31.2. The van der Waals surface area contributed by atoms with Gasteiger partial charge in [-0.3, -0.25) is 9.50 Å². The third kappa shape index (κ3) is 11.4. The topological polar surface area (TPSA) is 163 Å². The fraction of sp³-hybridized carbons (Fsp3) is 0.444. The van der Waals surface area contributed by atoms with Crippen molar-refractivity contribution >= 4 is 21.9 Å². The van der Waals surface area contributed by atoms with Crippen molar-refractivity contribution in [1.82, 2.24) is 15.2 Å². The first-order valence-corrected chi connectivity index (χ1v) is 18.3. The minimum Gasteiger partial charge on any atom is -0.493 e. The van der Waals surface area contributed by atoms with Crippen molar-refractivity contribution in [2.45, 2.75) is 108 Å². The van der Waals surface area contributed by atoms with Crippen LogP contribution in [0.2, 0.25) is 0 Å². The molecule has 0 spiro atoms. The number of anilines is 1. The molecule has 300 valence electrons. The van der Waals surface area contributed by atoms with Gasteiger partial charge in [0.1, 0.15) is 11.2 Å². The van der Waals surface area contributed by atoms with Crippen LogP contribution in [-0.2, 0) is 42.2 Å². The van der Waals surface area contributed by atoms with Gasteiger partial charge >= 0.3 is 18.4 Å². The Morgan fingerprint density at radius 2 is 1.60 bits per heavy atom. The molecule has 2 aromatic carbocycles. The van der Waals surface area contributed by atoms with Gasteiger partial charge in [0.2, 0.25) is 11.5 Å². The van der Waals surface area contributed by atoms with Crippen LogP contribution in [0.5, 0.6) is 5.88 Å². The zero-order chi connectivity index (χ0) is 40.8. The fourth-order valence-electron chi connectivity index (χ4n) is 5.24. The molecule has 0 saturated carbocycles. The second kappa shape index (κ2) is 16.9. The van der Waals surface area contributed by atoms with Crippen molar-refractivity contribution in [3.8, 4) is 17.5 Å². The van der Waals surface area contributed by atoms with Crippen LogP contribution in [0, 0.1) is 6.92 Å². The second-order valence-electron chi connectivity index (χ2n) is 13.7. The number of halogens is 6. The maximum Gasteiger partial charge on any atom is 0.426 e. The highest BCUT2D eigenvalue weighted by Crippen LogP contribution is 2.47. The highest BCUT2D eigenvalue weighted by atomic mass is 32.2. The molecule has 0 bridgehead atoms. The molecule has 0 radical (unpaired) electrons. The summed E-state index contributed by atoms with van der Waals surface area (Å²) in [7, 11) is -4.09. The van der Waals surface area contributed by atoms with E-state index in [0.29, 0.717) is 11.6 Å². The fourth-order valence-corrected chi connectivity index (χ4v) is 6.35. The zero-order valence-electron chi connectivity index (χ0n) is 30.4. The Balaban J connectivity index is 1.63. The van der Waals surface area contributed by atoms with E-state index in [1.807, 2.05) is 5.32 Å². The van der Waals surface area contributed by atoms with Crippen LogP contribution in [0.1, 0.15) is 82.4 Å². The van der Waals surface area contributed by atoms with E-state index in [-0.39, 0.29) is 30.6 Å². The summed E-state index contributed by atoms with van der Waals surface area (Å²) in [6.45, 7) is 7.17. The predicted octanol–water partition coefficient (Wildman–Crippen LogP) is 9.23. The van der Waals surface area contributed by atoms with E-state index < -0.39 is 93.5 Å². The predicted molar refractivity (Wildman–Crippen MR) is 185 cm³/mol. The molecular formula is C36H40F6N4O8S. The molecule has 0 fully saturated rings. The van der Waals surface area contributed by atoms with E-state index in [1.54, 1.807) is 37.3 Å². The number of alkyl halides is 6. The van der Waals surface area contributed by atoms with Crippen molar-refractivity contribution in [2.24, 2.45) is 0 Å². The lowest BCUT2D eigenvalue weighted by atomic mass is 9.94. The van der Waals surface area contributed by atoms with Crippen LogP contribution in [0.25, 0.3) is 11.6 Å². The lowest BCUT2D eigenvalue weighted by Crippen LogP contribution is -2.45. The molecule has 2 aromatic heterocycles. The third-order valence-corrected chi connectivity index (χ3v) is 9.37. The second-order valence-corrected chi connectivity index (χ2v) is 15.2. The summed E-state index contributed by atoms with van der Waals surface area (Å²) in [5.41, 5.74) is -6.40. The van der Waals surface area contributed by atoms with Gasteiger partial charge in [0.15, 0.2) is 5.69 Å². The Morgan fingerprint density at radius 1 is 0.945 bits per heavy atom. The van der Waals surface area contributed by atoms with Gasteiger partial charge in [0.25, 0.3) is 21.9 Å². The van der Waals surface area contributed by atoms with Gasteiger partial charge in [0.05, 0.1) is 23.3 Å². The van der Waals surface area contributed by atoms with Gasteiger partial charge in [-0.25, -0.2) is 9.78 Å². The van der Waals surface area contributed by atoms with Gasteiger partial charge < -0.3 is 19.0 Å². The summed E-state index contributed by atoms with van der Waals surface area (Å²) in [5, 5.41) is 19.4. The first-order valence-electron chi connectivity index (χ1n) is 16.9. The molecule has 0 aliphatic heterocycles. The number of carbonyl (C=O) groups excluding carboxylic acids is 1. The van der Waals surface area contributed by atoms with E-state index in [4.69, 9.17) is 18.1 Å². The van der Waals surface area contributed by atoms with Crippen molar-refractivity contribution < 1.29 is 62.7 Å². The maximum absolute atomic E-state index is 15.2. The summed E-state index contributed by atoms with van der Waals surface area (Å²) in [6, 6.07) is 14.2. The minimum absolute atomic E-state index is 0.0381. The van der Waals surface area contributed by atoms with Crippen LogP contribution in [0.15, 0.2) is 70.0 Å². The first-order chi connectivity index (χ1) is 25.5. The molecule has 0 aliphatic rings. The van der Waals surface area contributed by atoms with Gasteiger partial charge in [0, 0.05) is 0 Å². The summed E-state index contributed by atoms with van der Waals surface area (Å²) in [6.07, 6.45) is -12.8. The lowest BCUT2D eigenvalue weighted by molar-refractivity contribution is -0.300. The molecule has 0 saturated heterocycles. The molecular weight excluding hydrogens is 762 g/mol. The number of hydrogen-bond donors (Lipinski definition) is 2. The number of unbranched alkanes of at least 4 members (excludes halogenated alkanes) is 2. The summed E-state index contributed by atoms with van der Waals surface area (Å²) in [4.78, 5) is 16.0. The molecule has 1 amide bonds. The van der Waals surface area contributed by atoms with Crippen LogP contribution < -0.4 is 5.32 Å². The van der Waals surface area contributed by atoms with Crippen molar-refractivity contribution in [3.63, 3.8) is 0 Å². The molecule has 19 heteroatoms. The number of aryl methyl sites for hydroxylation is 1. The standard InChI is InChI=1S/C36H40F6N4O8S/c1-22-15-17-25(18-16-22)55(49,50)54-23(2)12-8-7-11-19-34(36(40,41)42,51-21-24-13-9-6-10-14-24)31-46-45-30(52-31)28-27(43-32(48)53-33(3,4)5)20-26(29(47)44-28)35(37,38)39/h6,9-10,13-18,20,23H,7-8,11-12,19,21H2,1-5H3,(H,43,48)(H,44,47)/t23?,34-/m1/s1. The monoisotopic (exact) mass is 802 g/mol. The summed E-state index contributed by atoms with van der Waals surface area (Å²) in [5.74, 6) is -3.59. The van der Waals surface area contributed by atoms with Crippen LogP contribution in [-0.4, -0.2) is 52.7 Å². The normalized spacial score (nSPS) is 14.3. The van der Waals surface area contributed by atoms with Crippen LogP contribution in [0.4, 0.5) is 36.8 Å². The molecule has 1 unspecified atom stereocenters. The van der Waals surface area contributed by atoms with Crippen LogP contribution >= 0.6 is 0 Å². The number of nitrogens with zero attached hydrogens (tertiary/aromatic N) is 3. The van der Waals surface area contributed by atoms with Crippen molar-refractivity contribution in [2.75, 3.05) is 5.32 Å². The SMILES string of the molecule is Cc1ccc(S(=O)(=O)OC(C)CCCCC[C@@](OCc2ccccc2)(c2nnc(-c3nc(O)c(C(F)(F)F)cc3NC(=O)OC(C)(C)C)o2)C(F)(F)F)cc1. The Morgan fingerprint density at radius 3 is 2.20 bits per heavy atom. The first kappa shape index (κ1) is 43.0. The molecule has 0 aliphatic carbocycles. The molecule has 4 aromatic rings. The number of amides is 1. The number of rotatable bonds is 15. The third-order valence-electron chi connectivity index (χ3n) is 7.94. The Kier molecular flexibility index (Phi) is 13.2. The number of nitrogens with one attached hydrogen (secondary N) is 1. The van der Waals surface area contributed by atoms with E-state index >= 15 is 13.2 Å². The molecule has 2 heterocycles. The van der Waals surface area contributed by atoms with Crippen LogP contribution in [0.3, 0.4) is 0 Å². The van der Waals surface area contributed by atoms with E-state index in [2.05, 4.69) is 15.2 Å². The summed E-state index contributed by atoms with van der Waals surface area (Å²) < 4.78 is 134. The molecule has 2 N–H and O–H groups in total. The van der Waals surface area contributed by atoms with Gasteiger partial charge in [-0.15, -0.1) is 10.2 Å². The number of aromatic nitrogens is 3. The van der Waals surface area contributed by atoms with Crippen molar-refractivity contribution in [3.05, 3.63) is 83.2 Å². The Bertz CT molecular complexity index is 2020. The smallest absolute Gasteiger partial charge is 0.426 e. The number of hydrogen-bond acceptors (Lipinski definition) is 11. The Hall–Kier alpha value is -4.75. The highest BCUT2D eigenvalue weighted by Gasteiger charge is 2.61. The maximum atomic E-state index is 15.2.